The van der Waals surface area contributed by atoms with Crippen LogP contribution in [-0.2, 0) is 14.8 Å². The Morgan fingerprint density at radius 1 is 1.11 bits per heavy atom. The summed E-state index contributed by atoms with van der Waals surface area (Å²) >= 11 is 7.37. The molecular formula is C25H28ClN5O3S2. The number of carbonyl (C=O) groups is 1. The first-order chi connectivity index (χ1) is 17.2. The first-order valence-corrected chi connectivity index (χ1v) is 14.3. The summed E-state index contributed by atoms with van der Waals surface area (Å²) in [5, 5.41) is 3.75. The van der Waals surface area contributed by atoms with E-state index in [9.17, 15) is 13.2 Å². The molecule has 3 heterocycles. The number of hydrogen-bond donors (Lipinski definition) is 1. The number of sulfonamides is 1. The molecule has 36 heavy (non-hydrogen) atoms. The molecule has 0 radical (unpaired) electrons. The molecule has 0 aliphatic carbocycles. The van der Waals surface area contributed by atoms with Crippen molar-refractivity contribution in [2.24, 2.45) is 0 Å². The van der Waals surface area contributed by atoms with Gasteiger partial charge in [0.05, 0.1) is 4.90 Å². The lowest BCUT2D eigenvalue weighted by Gasteiger charge is -2.37. The van der Waals surface area contributed by atoms with Crippen LogP contribution in [0.2, 0.25) is 5.02 Å². The zero-order valence-electron chi connectivity index (χ0n) is 19.9. The number of nitrogens with zero attached hydrogens (tertiary/aromatic N) is 4. The molecule has 0 bridgehead atoms. The molecule has 5 rings (SSSR count). The number of aromatic nitrogens is 2. The van der Waals surface area contributed by atoms with E-state index < -0.39 is 10.0 Å². The molecule has 0 spiro atoms. The maximum absolute atomic E-state index is 13.4. The second-order valence-corrected chi connectivity index (χ2v) is 11.8. The van der Waals surface area contributed by atoms with E-state index in [1.807, 2.05) is 36.9 Å². The van der Waals surface area contributed by atoms with Crippen molar-refractivity contribution in [3.8, 4) is 0 Å². The minimum absolute atomic E-state index is 0. The second-order valence-electron chi connectivity index (χ2n) is 8.78. The summed E-state index contributed by atoms with van der Waals surface area (Å²) in [6.45, 7) is 6.48. The number of piperazine rings is 1. The molecule has 11 heteroatoms. The van der Waals surface area contributed by atoms with Gasteiger partial charge in [-0.2, -0.15) is 0 Å². The van der Waals surface area contributed by atoms with Crippen molar-refractivity contribution in [1.82, 2.24) is 14.5 Å². The molecule has 8 nitrogen and oxygen atoms in total. The highest BCUT2D eigenvalue weighted by Gasteiger charge is 2.27. The number of fused-ring (bicyclic) bond motifs is 1. The summed E-state index contributed by atoms with van der Waals surface area (Å²) in [5.41, 5.74) is 2.94. The molecule has 1 unspecified atom stereocenters. The van der Waals surface area contributed by atoms with Gasteiger partial charge < -0.3 is 14.4 Å². The Balaban J connectivity index is 0.00000320. The standard InChI is InChI=1S/C25H26ClN5O3S2.H2/c1-17-15-19-16-20(26)3-8-23(19)31(17)18(2)24(32)30-12-10-29(11-13-30)21-4-6-22(7-5-21)36(33,34)28-25-27-9-14-35-25;/h3-9,14-16,18H,10-13H2,1-2H3,(H,27,28);1H. The Bertz CT molecular complexity index is 1500. The predicted molar refractivity (Wildman–Crippen MR) is 147 cm³/mol. The van der Waals surface area contributed by atoms with Crippen molar-refractivity contribution in [2.75, 3.05) is 35.8 Å². The maximum atomic E-state index is 13.4. The molecule has 1 N–H and O–H groups in total. The lowest BCUT2D eigenvalue weighted by Crippen LogP contribution is -2.50. The number of aryl methyl sites for hydroxylation is 1. The van der Waals surface area contributed by atoms with Crippen molar-refractivity contribution in [3.05, 3.63) is 70.8 Å². The Morgan fingerprint density at radius 3 is 2.50 bits per heavy atom. The number of benzene rings is 2. The van der Waals surface area contributed by atoms with Crippen molar-refractivity contribution in [3.63, 3.8) is 0 Å². The van der Waals surface area contributed by atoms with Crippen molar-refractivity contribution >= 4 is 60.6 Å². The molecule has 1 saturated heterocycles. The smallest absolute Gasteiger partial charge is 0.263 e. The van der Waals surface area contributed by atoms with Crippen LogP contribution in [-0.4, -0.2) is 55.0 Å². The summed E-state index contributed by atoms with van der Waals surface area (Å²) in [6.07, 6.45) is 1.55. The van der Waals surface area contributed by atoms with Crippen LogP contribution >= 0.6 is 22.9 Å². The van der Waals surface area contributed by atoms with Crippen LogP contribution in [0.5, 0.6) is 0 Å². The lowest BCUT2D eigenvalue weighted by atomic mass is 10.2. The Morgan fingerprint density at radius 2 is 1.83 bits per heavy atom. The Kier molecular flexibility index (Phi) is 6.67. The SMILES string of the molecule is Cc1cc2cc(Cl)ccc2n1C(C)C(=O)N1CCN(c2ccc(S(=O)(=O)Nc3nccs3)cc2)CC1.[HH]. The predicted octanol–water partition coefficient (Wildman–Crippen LogP) is 5.02. The van der Waals surface area contributed by atoms with Crippen LogP contribution < -0.4 is 9.62 Å². The monoisotopic (exact) mass is 545 g/mol. The van der Waals surface area contributed by atoms with Gasteiger partial charge in [-0.1, -0.05) is 11.6 Å². The minimum atomic E-state index is -3.69. The van der Waals surface area contributed by atoms with E-state index in [1.165, 1.54) is 11.3 Å². The van der Waals surface area contributed by atoms with Crippen LogP contribution in [0.1, 0.15) is 20.1 Å². The van der Waals surface area contributed by atoms with Gasteiger partial charge in [0, 0.05) is 66.5 Å². The summed E-state index contributed by atoms with van der Waals surface area (Å²) in [7, 11) is -3.69. The quantitative estimate of drug-likeness (QED) is 0.368. The highest BCUT2D eigenvalue weighted by molar-refractivity contribution is 7.93. The number of amides is 1. The van der Waals surface area contributed by atoms with E-state index in [-0.39, 0.29) is 18.3 Å². The molecule has 2 aromatic heterocycles. The van der Waals surface area contributed by atoms with Gasteiger partial charge in [0.2, 0.25) is 5.91 Å². The molecule has 0 saturated carbocycles. The molecular weight excluding hydrogens is 518 g/mol. The molecule has 4 aromatic rings. The highest BCUT2D eigenvalue weighted by Crippen LogP contribution is 2.28. The summed E-state index contributed by atoms with van der Waals surface area (Å²) in [6, 6.07) is 14.2. The number of anilines is 2. The highest BCUT2D eigenvalue weighted by atomic mass is 35.5. The molecule has 1 aliphatic heterocycles. The van der Waals surface area contributed by atoms with E-state index in [0.717, 1.165) is 22.3 Å². The summed E-state index contributed by atoms with van der Waals surface area (Å²) in [5.74, 6) is 0.0832. The number of thiazole rings is 1. The van der Waals surface area contributed by atoms with Gasteiger partial charge in [-0.15, -0.1) is 11.3 Å². The molecule has 2 aromatic carbocycles. The summed E-state index contributed by atoms with van der Waals surface area (Å²) in [4.78, 5) is 21.6. The van der Waals surface area contributed by atoms with Gasteiger partial charge in [-0.3, -0.25) is 9.52 Å². The molecule has 190 valence electrons. The number of rotatable bonds is 6. The molecule has 1 fully saturated rings. The van der Waals surface area contributed by atoms with Crippen molar-refractivity contribution in [2.45, 2.75) is 24.8 Å². The zero-order chi connectivity index (χ0) is 25.4. The molecule has 1 atom stereocenters. The van der Waals surface area contributed by atoms with Crippen LogP contribution in [0.3, 0.4) is 0 Å². The van der Waals surface area contributed by atoms with Crippen molar-refractivity contribution < 1.29 is 14.6 Å². The fourth-order valence-electron chi connectivity index (χ4n) is 4.70. The molecule has 1 aliphatic rings. The largest absolute Gasteiger partial charge is 0.368 e. The van der Waals surface area contributed by atoms with E-state index in [2.05, 4.69) is 25.2 Å². The van der Waals surface area contributed by atoms with Crippen LogP contribution in [0.4, 0.5) is 10.8 Å². The normalized spacial score (nSPS) is 15.3. The fourth-order valence-corrected chi connectivity index (χ4v) is 6.67. The van der Waals surface area contributed by atoms with E-state index in [0.29, 0.717) is 36.3 Å². The Hall–Kier alpha value is -3.08. The zero-order valence-corrected chi connectivity index (χ0v) is 22.3. The van der Waals surface area contributed by atoms with E-state index in [1.54, 1.807) is 35.8 Å². The minimum Gasteiger partial charge on any atom is -0.368 e. The third-order valence-corrected chi connectivity index (χ3v) is 8.90. The Labute approximate surface area is 220 Å². The number of hydrogen-bond acceptors (Lipinski definition) is 6. The van der Waals surface area contributed by atoms with Gasteiger partial charge in [0.15, 0.2) is 5.13 Å². The molecule has 1 amide bonds. The fraction of sp³-hybridized carbons (Fsp3) is 0.280. The maximum Gasteiger partial charge on any atom is 0.263 e. The third kappa shape index (κ3) is 4.80. The number of nitrogens with one attached hydrogen (secondary N) is 1. The van der Waals surface area contributed by atoms with Crippen LogP contribution in [0.15, 0.2) is 65.0 Å². The van der Waals surface area contributed by atoms with E-state index >= 15 is 0 Å². The number of carbonyl (C=O) groups excluding carboxylic acids is 1. The van der Waals surface area contributed by atoms with Crippen LogP contribution in [0, 0.1) is 6.92 Å². The van der Waals surface area contributed by atoms with E-state index in [4.69, 9.17) is 11.6 Å². The van der Waals surface area contributed by atoms with Gasteiger partial charge in [-0.25, -0.2) is 13.4 Å². The second kappa shape index (κ2) is 9.76. The van der Waals surface area contributed by atoms with Gasteiger partial charge in [0.25, 0.3) is 10.0 Å². The van der Waals surface area contributed by atoms with Crippen LogP contribution in [0.25, 0.3) is 10.9 Å². The third-order valence-electron chi connectivity index (χ3n) is 6.50. The van der Waals surface area contributed by atoms with Gasteiger partial charge >= 0.3 is 0 Å². The lowest BCUT2D eigenvalue weighted by molar-refractivity contribution is -0.134. The average molecular weight is 546 g/mol. The average Bonchev–Trinajstić information content (AvgIpc) is 3.49. The van der Waals surface area contributed by atoms with Gasteiger partial charge in [-0.05, 0) is 62.4 Å². The van der Waals surface area contributed by atoms with Gasteiger partial charge in [0.1, 0.15) is 6.04 Å². The first-order valence-electron chi connectivity index (χ1n) is 11.6. The van der Waals surface area contributed by atoms with Crippen molar-refractivity contribution in [1.29, 1.82) is 0 Å². The topological polar surface area (TPSA) is 87.5 Å². The first kappa shape index (κ1) is 24.6. The summed E-state index contributed by atoms with van der Waals surface area (Å²) < 4.78 is 29.7. The number of halogens is 1.